The lowest BCUT2D eigenvalue weighted by molar-refractivity contribution is 0.0950. The Morgan fingerprint density at radius 2 is 1.95 bits per heavy atom. The highest BCUT2D eigenvalue weighted by atomic mass is 35.5. The van der Waals surface area contributed by atoms with Crippen LogP contribution in [0.3, 0.4) is 0 Å². The zero-order valence-electron chi connectivity index (χ0n) is 11.2. The van der Waals surface area contributed by atoms with Gasteiger partial charge in [-0.1, -0.05) is 41.4 Å². The van der Waals surface area contributed by atoms with Crippen molar-refractivity contribution >= 4 is 29.0 Å². The van der Waals surface area contributed by atoms with E-state index in [0.29, 0.717) is 21.4 Å². The van der Waals surface area contributed by atoms with Gasteiger partial charge in [0, 0.05) is 15.6 Å². The maximum atomic E-state index is 12.5. The first-order valence-corrected chi connectivity index (χ1v) is 7.15. The first kappa shape index (κ1) is 14.4. The number of Topliss-reactive ketones (excluding diaryl/α,β-unsaturated/α-hetero) is 1. The molecule has 5 heteroatoms. The van der Waals surface area contributed by atoms with Crippen LogP contribution in [-0.2, 0) is 4.74 Å². The summed E-state index contributed by atoms with van der Waals surface area (Å²) in [5, 5.41) is 1.06. The number of methoxy groups -OCH3 is 1. The van der Waals surface area contributed by atoms with Crippen LogP contribution in [-0.4, -0.2) is 19.0 Å². The molecule has 1 fully saturated rings. The van der Waals surface area contributed by atoms with Crippen molar-refractivity contribution in [1.82, 2.24) is 0 Å². The molecule has 0 N–H and O–H groups in total. The maximum absolute atomic E-state index is 12.5. The van der Waals surface area contributed by atoms with Gasteiger partial charge in [-0.3, -0.25) is 4.79 Å². The third kappa shape index (κ3) is 2.77. The van der Waals surface area contributed by atoms with Gasteiger partial charge in [-0.15, -0.1) is 0 Å². The Hall–Kier alpha value is -1.55. The van der Waals surface area contributed by atoms with Gasteiger partial charge in [0.1, 0.15) is 11.9 Å². The minimum absolute atomic E-state index is 0.108. The molecule has 2 atom stereocenters. The number of ether oxygens (including phenoxy) is 2. The average molecular weight is 323 g/mol. The van der Waals surface area contributed by atoms with Crippen LogP contribution >= 0.6 is 23.2 Å². The fourth-order valence-corrected chi connectivity index (χ4v) is 2.80. The third-order valence-electron chi connectivity index (χ3n) is 3.39. The molecular formula is C16H12Cl2O3. The lowest BCUT2D eigenvalue weighted by atomic mass is 10.0. The predicted octanol–water partition coefficient (Wildman–Crippen LogP) is 4.32. The van der Waals surface area contributed by atoms with Crippen LogP contribution in [0.15, 0.2) is 42.5 Å². The normalized spacial score (nSPS) is 20.1. The van der Waals surface area contributed by atoms with Gasteiger partial charge in [0.15, 0.2) is 11.9 Å². The quantitative estimate of drug-likeness (QED) is 0.621. The number of hydrogen-bond donors (Lipinski definition) is 0. The molecule has 1 heterocycles. The first-order valence-electron chi connectivity index (χ1n) is 6.39. The van der Waals surface area contributed by atoms with Crippen molar-refractivity contribution in [2.75, 3.05) is 7.11 Å². The molecule has 0 aromatic heterocycles. The van der Waals surface area contributed by atoms with Gasteiger partial charge in [-0.25, -0.2) is 0 Å². The van der Waals surface area contributed by atoms with Crippen molar-refractivity contribution in [3.8, 4) is 5.75 Å². The van der Waals surface area contributed by atoms with Crippen molar-refractivity contribution in [1.29, 1.82) is 0 Å². The van der Waals surface area contributed by atoms with Crippen LogP contribution in [0, 0.1) is 0 Å². The lowest BCUT2D eigenvalue weighted by Gasteiger charge is -2.05. The van der Waals surface area contributed by atoms with Crippen molar-refractivity contribution in [3.05, 3.63) is 63.6 Å². The van der Waals surface area contributed by atoms with Gasteiger partial charge in [0.2, 0.25) is 0 Å². The first-order chi connectivity index (χ1) is 10.1. The van der Waals surface area contributed by atoms with Crippen LogP contribution in [0.25, 0.3) is 0 Å². The van der Waals surface area contributed by atoms with Gasteiger partial charge in [0.05, 0.1) is 12.7 Å². The summed E-state index contributed by atoms with van der Waals surface area (Å²) in [6.45, 7) is 0. The second-order valence-corrected chi connectivity index (χ2v) is 5.55. The van der Waals surface area contributed by atoms with Crippen molar-refractivity contribution in [2.24, 2.45) is 0 Å². The van der Waals surface area contributed by atoms with E-state index in [1.54, 1.807) is 36.4 Å². The van der Waals surface area contributed by atoms with Gasteiger partial charge in [0.25, 0.3) is 0 Å². The smallest absolute Gasteiger partial charge is 0.198 e. The summed E-state index contributed by atoms with van der Waals surface area (Å²) in [5.74, 6) is 0.433. The fourth-order valence-electron chi connectivity index (χ4n) is 2.28. The number of benzene rings is 2. The fraction of sp³-hybridized carbons (Fsp3) is 0.188. The minimum Gasteiger partial charge on any atom is -0.496 e. The summed E-state index contributed by atoms with van der Waals surface area (Å²) in [7, 11) is 1.54. The van der Waals surface area contributed by atoms with Crippen molar-refractivity contribution < 1.29 is 14.3 Å². The molecule has 0 saturated carbocycles. The molecule has 1 aliphatic rings. The Morgan fingerprint density at radius 3 is 2.67 bits per heavy atom. The molecule has 0 spiro atoms. The van der Waals surface area contributed by atoms with E-state index in [0.717, 1.165) is 5.56 Å². The Kier molecular flexibility index (Phi) is 3.89. The molecule has 1 saturated heterocycles. The van der Waals surface area contributed by atoms with Gasteiger partial charge in [-0.2, -0.15) is 0 Å². The van der Waals surface area contributed by atoms with Crippen LogP contribution in [0.1, 0.15) is 22.0 Å². The van der Waals surface area contributed by atoms with Gasteiger partial charge in [-0.05, 0) is 24.3 Å². The van der Waals surface area contributed by atoms with E-state index >= 15 is 0 Å². The largest absolute Gasteiger partial charge is 0.496 e. The summed E-state index contributed by atoms with van der Waals surface area (Å²) >= 11 is 12.0. The van der Waals surface area contributed by atoms with Gasteiger partial charge < -0.3 is 9.47 Å². The van der Waals surface area contributed by atoms with E-state index in [9.17, 15) is 4.79 Å². The second kappa shape index (κ2) is 5.68. The summed E-state index contributed by atoms with van der Waals surface area (Å²) in [5.41, 5.74) is 1.28. The number of hydrogen-bond acceptors (Lipinski definition) is 3. The standard InChI is InChI=1S/C16H12Cl2O3/c1-20-13-5-3-2-4-11(13)14(19)16-15(21-16)10-7-6-9(17)8-12(10)18/h2-8,15-16H,1H3/t15-,16+/m0/s1. The summed E-state index contributed by atoms with van der Waals surface area (Å²) in [6.07, 6.45) is -0.854. The molecule has 3 nitrogen and oxygen atoms in total. The van der Waals surface area contributed by atoms with E-state index in [1.165, 1.54) is 7.11 Å². The number of para-hydroxylation sites is 1. The van der Waals surface area contributed by atoms with Gasteiger partial charge >= 0.3 is 0 Å². The summed E-state index contributed by atoms with van der Waals surface area (Å²) in [6, 6.07) is 12.2. The summed E-state index contributed by atoms with van der Waals surface area (Å²) in [4.78, 5) is 12.5. The van der Waals surface area contributed by atoms with Crippen molar-refractivity contribution in [2.45, 2.75) is 12.2 Å². The van der Waals surface area contributed by atoms with Crippen LogP contribution in [0.2, 0.25) is 10.0 Å². The molecule has 0 radical (unpaired) electrons. The predicted molar refractivity (Wildman–Crippen MR) is 81.4 cm³/mol. The number of ketones is 1. The molecule has 2 aromatic rings. The van der Waals surface area contributed by atoms with Crippen LogP contribution in [0.4, 0.5) is 0 Å². The molecule has 108 valence electrons. The minimum atomic E-state index is -0.528. The SMILES string of the molecule is COc1ccccc1C(=O)[C@H]1O[C@H]1c1ccc(Cl)cc1Cl. The van der Waals surface area contributed by atoms with E-state index in [2.05, 4.69) is 0 Å². The molecule has 0 aliphatic carbocycles. The molecule has 21 heavy (non-hydrogen) atoms. The number of rotatable bonds is 4. The lowest BCUT2D eigenvalue weighted by Crippen LogP contribution is -2.10. The van der Waals surface area contributed by atoms with Crippen LogP contribution in [0.5, 0.6) is 5.75 Å². The molecule has 0 amide bonds. The van der Waals surface area contributed by atoms with Crippen molar-refractivity contribution in [3.63, 3.8) is 0 Å². The number of epoxide rings is 1. The number of carbonyl (C=O) groups excluding carboxylic acids is 1. The topological polar surface area (TPSA) is 38.8 Å². The molecule has 2 aromatic carbocycles. The Bertz CT molecular complexity index is 700. The third-order valence-corrected chi connectivity index (χ3v) is 3.95. The molecular weight excluding hydrogens is 311 g/mol. The average Bonchev–Trinajstić information content (AvgIpc) is 3.26. The second-order valence-electron chi connectivity index (χ2n) is 4.71. The van der Waals surface area contributed by atoms with E-state index in [-0.39, 0.29) is 11.9 Å². The zero-order valence-corrected chi connectivity index (χ0v) is 12.7. The Morgan fingerprint density at radius 1 is 1.19 bits per heavy atom. The highest BCUT2D eigenvalue weighted by molar-refractivity contribution is 6.35. The molecule has 1 aliphatic heterocycles. The monoisotopic (exact) mass is 322 g/mol. The highest BCUT2D eigenvalue weighted by Crippen LogP contribution is 2.44. The van der Waals surface area contributed by atoms with E-state index in [1.807, 2.05) is 6.07 Å². The zero-order chi connectivity index (χ0) is 15.0. The highest BCUT2D eigenvalue weighted by Gasteiger charge is 2.47. The van der Waals surface area contributed by atoms with Crippen LogP contribution < -0.4 is 4.74 Å². The van der Waals surface area contributed by atoms with E-state index in [4.69, 9.17) is 32.7 Å². The maximum Gasteiger partial charge on any atom is 0.198 e. The molecule has 3 rings (SSSR count). The molecule has 0 bridgehead atoms. The molecule has 0 unspecified atom stereocenters. The summed E-state index contributed by atoms with van der Waals surface area (Å²) < 4.78 is 10.7. The Labute approximate surface area is 132 Å². The number of halogens is 2. The van der Waals surface area contributed by atoms with E-state index < -0.39 is 6.10 Å². The number of carbonyl (C=O) groups is 1. The Balaban J connectivity index is 1.83.